The van der Waals surface area contributed by atoms with Crippen molar-refractivity contribution in [3.05, 3.63) is 0 Å². The molecular weight excluding hydrogens is 132 g/mol. The third-order valence-corrected chi connectivity index (χ3v) is 2.76. The zero-order chi connectivity index (χ0) is 7.44. The number of alkyl halides is 1. The molecule has 0 radical (unpaired) electrons. The van der Waals surface area contributed by atoms with Gasteiger partial charge in [-0.05, 0) is 11.8 Å². The van der Waals surface area contributed by atoms with E-state index >= 15 is 0 Å². The zero-order valence-corrected chi connectivity index (χ0v) is 7.57. The number of rotatable bonds is 3. The second-order valence-corrected chi connectivity index (χ2v) is 3.58. The fourth-order valence-corrected chi connectivity index (χ4v) is 1.06. The van der Waals surface area contributed by atoms with Gasteiger partial charge in [0.05, 0.1) is 0 Å². The average Bonchev–Trinajstić information content (AvgIpc) is 1.84. The first-order valence-corrected chi connectivity index (χ1v) is 4.17. The van der Waals surface area contributed by atoms with Crippen molar-refractivity contribution in [1.82, 2.24) is 0 Å². The molecule has 0 spiro atoms. The highest BCUT2D eigenvalue weighted by Crippen LogP contribution is 2.20. The Labute approximate surface area is 63.6 Å². The van der Waals surface area contributed by atoms with E-state index in [9.17, 15) is 0 Å². The lowest BCUT2D eigenvalue weighted by atomic mass is 9.96. The SMILES string of the molecule is CCC(C)C(Cl)C(C)C. The van der Waals surface area contributed by atoms with Gasteiger partial charge in [0.15, 0.2) is 0 Å². The molecule has 0 aromatic rings. The molecule has 0 nitrogen and oxygen atoms in total. The summed E-state index contributed by atoms with van der Waals surface area (Å²) in [5.41, 5.74) is 0. The lowest BCUT2D eigenvalue weighted by molar-refractivity contribution is 0.438. The number of hydrogen-bond acceptors (Lipinski definition) is 0. The summed E-state index contributed by atoms with van der Waals surface area (Å²) in [6.07, 6.45) is 1.19. The van der Waals surface area contributed by atoms with Gasteiger partial charge in [-0.25, -0.2) is 0 Å². The molecule has 0 aliphatic carbocycles. The molecule has 1 heteroatoms. The van der Waals surface area contributed by atoms with Crippen molar-refractivity contribution in [2.75, 3.05) is 0 Å². The molecule has 0 rings (SSSR count). The Morgan fingerprint density at radius 2 is 1.67 bits per heavy atom. The van der Waals surface area contributed by atoms with Crippen LogP contribution in [0.5, 0.6) is 0 Å². The third-order valence-electron chi connectivity index (χ3n) is 1.82. The Kier molecular flexibility index (Phi) is 4.29. The van der Waals surface area contributed by atoms with Crippen molar-refractivity contribution in [3.63, 3.8) is 0 Å². The minimum Gasteiger partial charge on any atom is -0.122 e. The molecule has 0 saturated carbocycles. The Hall–Kier alpha value is 0.290. The van der Waals surface area contributed by atoms with Gasteiger partial charge in [-0.3, -0.25) is 0 Å². The quantitative estimate of drug-likeness (QED) is 0.539. The normalized spacial score (nSPS) is 18.0. The van der Waals surface area contributed by atoms with Crippen LogP contribution >= 0.6 is 11.6 Å². The first-order chi connectivity index (χ1) is 4.09. The molecule has 0 heterocycles. The first-order valence-electron chi connectivity index (χ1n) is 3.73. The topological polar surface area (TPSA) is 0 Å². The van der Waals surface area contributed by atoms with Gasteiger partial charge in [-0.15, -0.1) is 11.6 Å². The predicted molar refractivity (Wildman–Crippen MR) is 43.9 cm³/mol. The van der Waals surface area contributed by atoms with Gasteiger partial charge < -0.3 is 0 Å². The molecule has 2 atom stereocenters. The van der Waals surface area contributed by atoms with Crippen LogP contribution in [0, 0.1) is 11.8 Å². The Balaban J connectivity index is 3.58. The summed E-state index contributed by atoms with van der Waals surface area (Å²) in [4.78, 5) is 0. The van der Waals surface area contributed by atoms with Crippen LogP contribution in [-0.4, -0.2) is 5.38 Å². The number of hydrogen-bond donors (Lipinski definition) is 0. The Morgan fingerprint density at radius 3 is 1.78 bits per heavy atom. The maximum atomic E-state index is 6.07. The molecule has 2 unspecified atom stereocenters. The summed E-state index contributed by atoms with van der Waals surface area (Å²) >= 11 is 6.07. The molecule has 0 aromatic carbocycles. The summed E-state index contributed by atoms with van der Waals surface area (Å²) in [6, 6.07) is 0. The second-order valence-electron chi connectivity index (χ2n) is 3.07. The van der Waals surface area contributed by atoms with Gasteiger partial charge >= 0.3 is 0 Å². The highest BCUT2D eigenvalue weighted by Gasteiger charge is 2.15. The lowest BCUT2D eigenvalue weighted by Crippen LogP contribution is -2.16. The molecule has 0 N–H and O–H groups in total. The Bertz CT molecular complexity index is 69.0. The average molecular weight is 149 g/mol. The molecule has 56 valence electrons. The summed E-state index contributed by atoms with van der Waals surface area (Å²) in [7, 11) is 0. The van der Waals surface area contributed by atoms with E-state index < -0.39 is 0 Å². The minimum atomic E-state index is 0.356. The summed E-state index contributed by atoms with van der Waals surface area (Å²) in [5, 5.41) is 0.356. The van der Waals surface area contributed by atoms with Gasteiger partial charge in [-0.2, -0.15) is 0 Å². The summed E-state index contributed by atoms with van der Waals surface area (Å²) in [6.45, 7) is 8.73. The van der Waals surface area contributed by atoms with E-state index in [2.05, 4.69) is 27.7 Å². The van der Waals surface area contributed by atoms with Crippen LogP contribution in [0.3, 0.4) is 0 Å². The largest absolute Gasteiger partial charge is 0.122 e. The van der Waals surface area contributed by atoms with Crippen molar-refractivity contribution in [2.24, 2.45) is 11.8 Å². The van der Waals surface area contributed by atoms with E-state index in [1.807, 2.05) is 0 Å². The molecule has 0 amide bonds. The van der Waals surface area contributed by atoms with E-state index in [0.717, 1.165) is 0 Å². The van der Waals surface area contributed by atoms with Crippen molar-refractivity contribution < 1.29 is 0 Å². The monoisotopic (exact) mass is 148 g/mol. The van der Waals surface area contributed by atoms with Crippen molar-refractivity contribution >= 4 is 11.6 Å². The summed E-state index contributed by atoms with van der Waals surface area (Å²) < 4.78 is 0. The van der Waals surface area contributed by atoms with Crippen LogP contribution in [0.2, 0.25) is 0 Å². The molecule has 0 bridgehead atoms. The van der Waals surface area contributed by atoms with Gasteiger partial charge in [0.2, 0.25) is 0 Å². The Morgan fingerprint density at radius 1 is 1.22 bits per heavy atom. The molecule has 0 aliphatic heterocycles. The van der Waals surface area contributed by atoms with Crippen LogP contribution < -0.4 is 0 Å². The molecule has 0 aromatic heterocycles. The lowest BCUT2D eigenvalue weighted by Gasteiger charge is -2.19. The maximum absolute atomic E-state index is 6.07. The van der Waals surface area contributed by atoms with E-state index in [1.54, 1.807) is 0 Å². The van der Waals surface area contributed by atoms with Gasteiger partial charge in [-0.1, -0.05) is 34.1 Å². The zero-order valence-electron chi connectivity index (χ0n) is 6.82. The van der Waals surface area contributed by atoms with Crippen molar-refractivity contribution in [2.45, 2.75) is 39.5 Å². The highest BCUT2D eigenvalue weighted by atomic mass is 35.5. The second kappa shape index (κ2) is 4.16. The van der Waals surface area contributed by atoms with Crippen LogP contribution in [0.4, 0.5) is 0 Å². The van der Waals surface area contributed by atoms with Crippen LogP contribution in [0.15, 0.2) is 0 Å². The first kappa shape index (κ1) is 9.29. The van der Waals surface area contributed by atoms with Gasteiger partial charge in [0.1, 0.15) is 0 Å². The molecule has 9 heavy (non-hydrogen) atoms. The van der Waals surface area contributed by atoms with E-state index in [0.29, 0.717) is 17.2 Å². The fraction of sp³-hybridized carbons (Fsp3) is 1.00. The molecule has 0 aliphatic rings. The highest BCUT2D eigenvalue weighted by molar-refractivity contribution is 6.20. The van der Waals surface area contributed by atoms with E-state index in [-0.39, 0.29) is 0 Å². The van der Waals surface area contributed by atoms with E-state index in [4.69, 9.17) is 11.6 Å². The van der Waals surface area contributed by atoms with E-state index in [1.165, 1.54) is 6.42 Å². The number of halogens is 1. The molecule has 0 saturated heterocycles. The predicted octanol–water partition coefficient (Wildman–Crippen LogP) is 3.30. The standard InChI is InChI=1S/C8H17Cl/c1-5-7(4)8(9)6(2)3/h6-8H,5H2,1-4H3. The van der Waals surface area contributed by atoms with Gasteiger partial charge in [0, 0.05) is 5.38 Å². The smallest absolute Gasteiger partial charge is 0.0384 e. The van der Waals surface area contributed by atoms with Crippen molar-refractivity contribution in [1.29, 1.82) is 0 Å². The van der Waals surface area contributed by atoms with Crippen LogP contribution in [0.25, 0.3) is 0 Å². The van der Waals surface area contributed by atoms with Crippen LogP contribution in [-0.2, 0) is 0 Å². The minimum absolute atomic E-state index is 0.356. The van der Waals surface area contributed by atoms with Gasteiger partial charge in [0.25, 0.3) is 0 Å². The molecular formula is C8H17Cl. The third kappa shape index (κ3) is 3.10. The maximum Gasteiger partial charge on any atom is 0.0384 e. The fourth-order valence-electron chi connectivity index (χ4n) is 0.882. The molecule has 0 fully saturated rings. The van der Waals surface area contributed by atoms with Crippen LogP contribution in [0.1, 0.15) is 34.1 Å². The summed E-state index contributed by atoms with van der Waals surface area (Å²) in [5.74, 6) is 1.27. The van der Waals surface area contributed by atoms with Crippen molar-refractivity contribution in [3.8, 4) is 0 Å².